The molecule has 2 atom stereocenters. The van der Waals surface area contributed by atoms with Crippen molar-refractivity contribution in [3.8, 4) is 0 Å². The van der Waals surface area contributed by atoms with Gasteiger partial charge in [-0.25, -0.2) is 9.18 Å². The summed E-state index contributed by atoms with van der Waals surface area (Å²) in [6.07, 6.45) is 0.860. The molecule has 7 heteroatoms. The van der Waals surface area contributed by atoms with Crippen LogP contribution < -0.4 is 5.32 Å². The van der Waals surface area contributed by atoms with Crippen LogP contribution in [0.3, 0.4) is 0 Å². The topological polar surface area (TPSA) is 67.9 Å². The number of ether oxygens (including phenoxy) is 2. The predicted molar refractivity (Wildman–Crippen MR) is 85.7 cm³/mol. The van der Waals surface area contributed by atoms with Crippen molar-refractivity contribution in [3.63, 3.8) is 0 Å². The summed E-state index contributed by atoms with van der Waals surface area (Å²) in [4.78, 5) is 25.9. The van der Waals surface area contributed by atoms with Gasteiger partial charge in [0.05, 0.1) is 19.7 Å². The minimum Gasteiger partial charge on any atom is -0.467 e. The number of nitrogens with zero attached hydrogens (tertiary/aromatic N) is 1. The van der Waals surface area contributed by atoms with Crippen LogP contribution in [-0.4, -0.2) is 56.2 Å². The lowest BCUT2D eigenvalue weighted by Crippen LogP contribution is -2.46. The Hall–Kier alpha value is -1.99. The molecule has 1 aliphatic heterocycles. The van der Waals surface area contributed by atoms with Gasteiger partial charge in [-0.05, 0) is 37.1 Å². The highest BCUT2D eigenvalue weighted by atomic mass is 19.1. The number of carbonyl (C=O) groups is 2. The number of methoxy groups -OCH3 is 2. The third-order valence-corrected chi connectivity index (χ3v) is 4.18. The fourth-order valence-electron chi connectivity index (χ4n) is 2.84. The van der Waals surface area contributed by atoms with Gasteiger partial charge in [-0.2, -0.15) is 0 Å². The second-order valence-corrected chi connectivity index (χ2v) is 5.75. The highest BCUT2D eigenvalue weighted by Crippen LogP contribution is 2.20. The summed E-state index contributed by atoms with van der Waals surface area (Å²) >= 11 is 0. The van der Waals surface area contributed by atoms with Gasteiger partial charge in [0.25, 0.3) is 0 Å². The highest BCUT2D eigenvalue weighted by Gasteiger charge is 2.31. The number of benzene rings is 1. The zero-order valence-electron chi connectivity index (χ0n) is 14.0. The molecule has 2 rings (SSSR count). The molecule has 132 valence electrons. The standard InChI is InChI=1S/C17H23FN2O4/c1-23-15(17(22)24-2)10-19-16(21)14-4-3-9-20(14)11-12-5-7-13(18)8-6-12/h5-8,14-15H,3-4,9-11H2,1-2H3,(H,19,21)/t14-,15+/m0/s1. The minimum absolute atomic E-state index is 0.0723. The van der Waals surface area contributed by atoms with E-state index in [1.807, 2.05) is 0 Å². The third kappa shape index (κ3) is 4.75. The molecule has 1 fully saturated rings. The summed E-state index contributed by atoms with van der Waals surface area (Å²) < 4.78 is 22.6. The quantitative estimate of drug-likeness (QED) is 0.754. The predicted octanol–water partition coefficient (Wildman–Crippen LogP) is 1.09. The normalized spacial score (nSPS) is 19.0. The van der Waals surface area contributed by atoms with Crippen molar-refractivity contribution in [1.82, 2.24) is 10.2 Å². The van der Waals surface area contributed by atoms with Crippen LogP contribution >= 0.6 is 0 Å². The largest absolute Gasteiger partial charge is 0.467 e. The molecule has 1 aromatic rings. The molecule has 0 unspecified atom stereocenters. The fraction of sp³-hybridized carbons (Fsp3) is 0.529. The monoisotopic (exact) mass is 338 g/mol. The minimum atomic E-state index is -0.814. The van der Waals surface area contributed by atoms with E-state index in [1.165, 1.54) is 26.4 Å². The molecule has 6 nitrogen and oxygen atoms in total. The second kappa shape index (κ2) is 8.75. The fourth-order valence-corrected chi connectivity index (χ4v) is 2.84. The van der Waals surface area contributed by atoms with Gasteiger partial charge in [-0.1, -0.05) is 12.1 Å². The summed E-state index contributed by atoms with van der Waals surface area (Å²) in [6.45, 7) is 1.46. The van der Waals surface area contributed by atoms with E-state index in [0.29, 0.717) is 6.54 Å². The Morgan fingerprint density at radius 1 is 1.33 bits per heavy atom. The Labute approximate surface area is 140 Å². The van der Waals surface area contributed by atoms with Crippen LogP contribution in [0.4, 0.5) is 4.39 Å². The molecule has 0 bridgehead atoms. The van der Waals surface area contributed by atoms with E-state index in [4.69, 9.17) is 4.74 Å². The first-order valence-electron chi connectivity index (χ1n) is 7.92. The summed E-state index contributed by atoms with van der Waals surface area (Å²) in [6, 6.07) is 6.02. The number of nitrogens with one attached hydrogen (secondary N) is 1. The van der Waals surface area contributed by atoms with Gasteiger partial charge in [0, 0.05) is 13.7 Å². The number of amides is 1. The van der Waals surface area contributed by atoms with E-state index in [1.54, 1.807) is 12.1 Å². The first-order valence-corrected chi connectivity index (χ1v) is 7.92. The van der Waals surface area contributed by atoms with Gasteiger partial charge in [0.1, 0.15) is 5.82 Å². The number of rotatable bonds is 7. The molecule has 0 radical (unpaired) electrons. The molecule has 1 N–H and O–H groups in total. The van der Waals surface area contributed by atoms with Crippen molar-refractivity contribution in [2.75, 3.05) is 27.3 Å². The Bertz CT molecular complexity index is 564. The van der Waals surface area contributed by atoms with Crippen molar-refractivity contribution in [1.29, 1.82) is 0 Å². The maximum absolute atomic E-state index is 13.0. The molecular formula is C17H23FN2O4. The van der Waals surface area contributed by atoms with Gasteiger partial charge < -0.3 is 14.8 Å². The Balaban J connectivity index is 1.90. The van der Waals surface area contributed by atoms with E-state index in [9.17, 15) is 14.0 Å². The lowest BCUT2D eigenvalue weighted by atomic mass is 10.1. The van der Waals surface area contributed by atoms with Crippen LogP contribution in [0.2, 0.25) is 0 Å². The Morgan fingerprint density at radius 2 is 2.04 bits per heavy atom. The van der Waals surface area contributed by atoms with Crippen molar-refractivity contribution in [3.05, 3.63) is 35.6 Å². The average molecular weight is 338 g/mol. The van der Waals surface area contributed by atoms with Gasteiger partial charge in [0.2, 0.25) is 5.91 Å². The zero-order chi connectivity index (χ0) is 17.5. The molecule has 0 spiro atoms. The van der Waals surface area contributed by atoms with Crippen molar-refractivity contribution in [2.24, 2.45) is 0 Å². The van der Waals surface area contributed by atoms with Crippen LogP contribution in [-0.2, 0) is 25.6 Å². The molecule has 0 saturated carbocycles. The Morgan fingerprint density at radius 3 is 2.67 bits per heavy atom. The lowest BCUT2D eigenvalue weighted by Gasteiger charge is -2.24. The summed E-state index contributed by atoms with van der Waals surface area (Å²) in [5.74, 6) is -0.934. The Kier molecular flexibility index (Phi) is 6.69. The average Bonchev–Trinajstić information content (AvgIpc) is 3.05. The zero-order valence-corrected chi connectivity index (χ0v) is 14.0. The highest BCUT2D eigenvalue weighted by molar-refractivity contribution is 5.83. The molecule has 1 amide bonds. The van der Waals surface area contributed by atoms with Crippen molar-refractivity contribution >= 4 is 11.9 Å². The van der Waals surface area contributed by atoms with E-state index >= 15 is 0 Å². The van der Waals surface area contributed by atoms with Crippen LogP contribution in [0.25, 0.3) is 0 Å². The maximum atomic E-state index is 13.0. The number of hydrogen-bond donors (Lipinski definition) is 1. The molecule has 1 aromatic carbocycles. The maximum Gasteiger partial charge on any atom is 0.336 e. The summed E-state index contributed by atoms with van der Waals surface area (Å²) in [7, 11) is 2.67. The van der Waals surface area contributed by atoms with E-state index in [0.717, 1.165) is 24.9 Å². The van der Waals surface area contributed by atoms with Gasteiger partial charge in [-0.15, -0.1) is 0 Å². The van der Waals surface area contributed by atoms with Crippen LogP contribution in [0.1, 0.15) is 18.4 Å². The molecular weight excluding hydrogens is 315 g/mol. The molecule has 24 heavy (non-hydrogen) atoms. The second-order valence-electron chi connectivity index (χ2n) is 5.75. The van der Waals surface area contributed by atoms with Crippen molar-refractivity contribution in [2.45, 2.75) is 31.5 Å². The third-order valence-electron chi connectivity index (χ3n) is 4.18. The lowest BCUT2D eigenvalue weighted by molar-refractivity contribution is -0.152. The first kappa shape index (κ1) is 18.4. The van der Waals surface area contributed by atoms with Crippen molar-refractivity contribution < 1.29 is 23.5 Å². The SMILES string of the molecule is COC(=O)[C@@H](CNC(=O)[C@@H]1CCCN1Cc1ccc(F)cc1)OC. The number of likely N-dealkylation sites (tertiary alicyclic amines) is 1. The van der Waals surface area contributed by atoms with Crippen LogP contribution in [0.15, 0.2) is 24.3 Å². The van der Waals surface area contributed by atoms with Crippen LogP contribution in [0.5, 0.6) is 0 Å². The van der Waals surface area contributed by atoms with E-state index < -0.39 is 12.1 Å². The first-order chi connectivity index (χ1) is 11.5. The smallest absolute Gasteiger partial charge is 0.336 e. The number of carbonyl (C=O) groups excluding carboxylic acids is 2. The van der Waals surface area contributed by atoms with Gasteiger partial charge >= 0.3 is 5.97 Å². The molecule has 0 aliphatic carbocycles. The van der Waals surface area contributed by atoms with Gasteiger partial charge in [-0.3, -0.25) is 9.69 Å². The molecule has 1 heterocycles. The van der Waals surface area contributed by atoms with Gasteiger partial charge in [0.15, 0.2) is 6.10 Å². The van der Waals surface area contributed by atoms with Crippen LogP contribution in [0, 0.1) is 5.82 Å². The number of hydrogen-bond acceptors (Lipinski definition) is 5. The number of esters is 1. The molecule has 1 aliphatic rings. The summed E-state index contributed by atoms with van der Waals surface area (Å²) in [5, 5.41) is 2.75. The summed E-state index contributed by atoms with van der Waals surface area (Å²) in [5.41, 5.74) is 0.959. The number of halogens is 1. The molecule has 0 aromatic heterocycles. The molecule has 1 saturated heterocycles. The van der Waals surface area contributed by atoms with E-state index in [2.05, 4.69) is 15.0 Å². The van der Waals surface area contributed by atoms with E-state index in [-0.39, 0.29) is 24.3 Å².